The van der Waals surface area contributed by atoms with Gasteiger partial charge in [-0.05, 0) is 17.7 Å². The number of nitrogens with zero attached hydrogens (tertiary/aromatic N) is 1. The van der Waals surface area contributed by atoms with E-state index in [1.807, 2.05) is 0 Å². The molecule has 1 aliphatic heterocycles. The molecule has 2 rings (SSSR count). The first-order valence-electron chi connectivity index (χ1n) is 6.05. The Morgan fingerprint density at radius 2 is 2.16 bits per heavy atom. The number of aliphatic hydroxyl groups is 1. The van der Waals surface area contributed by atoms with E-state index >= 15 is 0 Å². The van der Waals surface area contributed by atoms with Gasteiger partial charge < -0.3 is 14.9 Å². The van der Waals surface area contributed by atoms with Gasteiger partial charge in [0.05, 0.1) is 13.2 Å². The third-order valence-corrected chi connectivity index (χ3v) is 3.10. The van der Waals surface area contributed by atoms with Crippen molar-refractivity contribution in [2.75, 3.05) is 26.2 Å². The van der Waals surface area contributed by atoms with Crippen LogP contribution in [0.2, 0.25) is 0 Å². The molecular formula is C13H16FNO4. The molecule has 0 amide bonds. The SMILES string of the molecule is O=C(O)CN1CCO[C@@H]([C@H](O)c2ccc(F)cc2)C1. The molecule has 0 saturated carbocycles. The predicted octanol–water partition coefficient (Wildman–Crippen LogP) is 0.644. The van der Waals surface area contributed by atoms with Crippen LogP contribution in [-0.2, 0) is 9.53 Å². The standard InChI is InChI=1S/C13H16FNO4/c14-10-3-1-9(2-4-10)13(18)11-7-15(5-6-19-11)8-12(16)17/h1-4,11,13,18H,5-8H2,(H,16,17)/t11-,13-/m1/s1. The molecule has 1 aliphatic rings. The molecular weight excluding hydrogens is 253 g/mol. The Bertz CT molecular complexity index is 437. The number of carboxylic acids is 1. The van der Waals surface area contributed by atoms with Crippen LogP contribution in [-0.4, -0.2) is 53.4 Å². The fourth-order valence-electron chi connectivity index (χ4n) is 2.13. The Morgan fingerprint density at radius 3 is 2.79 bits per heavy atom. The van der Waals surface area contributed by atoms with Gasteiger partial charge in [0.1, 0.15) is 18.0 Å². The molecule has 1 saturated heterocycles. The van der Waals surface area contributed by atoms with Crippen LogP contribution >= 0.6 is 0 Å². The molecule has 0 spiro atoms. The number of morpholine rings is 1. The predicted molar refractivity (Wildman–Crippen MR) is 65.2 cm³/mol. The van der Waals surface area contributed by atoms with Gasteiger partial charge in [-0.15, -0.1) is 0 Å². The van der Waals surface area contributed by atoms with Crippen LogP contribution in [0.3, 0.4) is 0 Å². The van der Waals surface area contributed by atoms with Crippen molar-refractivity contribution in [3.63, 3.8) is 0 Å². The summed E-state index contributed by atoms with van der Waals surface area (Å²) >= 11 is 0. The molecule has 0 unspecified atom stereocenters. The zero-order valence-corrected chi connectivity index (χ0v) is 10.3. The van der Waals surface area contributed by atoms with Gasteiger partial charge >= 0.3 is 5.97 Å². The summed E-state index contributed by atoms with van der Waals surface area (Å²) in [6.45, 7) is 1.16. The van der Waals surface area contributed by atoms with Crippen molar-refractivity contribution < 1.29 is 24.1 Å². The van der Waals surface area contributed by atoms with Gasteiger partial charge in [-0.3, -0.25) is 9.69 Å². The third-order valence-electron chi connectivity index (χ3n) is 3.10. The zero-order valence-electron chi connectivity index (χ0n) is 10.3. The van der Waals surface area contributed by atoms with Crippen molar-refractivity contribution in [2.45, 2.75) is 12.2 Å². The quantitative estimate of drug-likeness (QED) is 0.839. The zero-order chi connectivity index (χ0) is 13.8. The van der Waals surface area contributed by atoms with Crippen LogP contribution in [0.5, 0.6) is 0 Å². The largest absolute Gasteiger partial charge is 0.480 e. The summed E-state index contributed by atoms with van der Waals surface area (Å²) in [5.74, 6) is -1.27. The van der Waals surface area contributed by atoms with E-state index in [-0.39, 0.29) is 12.4 Å². The van der Waals surface area contributed by atoms with Crippen LogP contribution in [0.1, 0.15) is 11.7 Å². The van der Waals surface area contributed by atoms with Crippen molar-refractivity contribution in [3.05, 3.63) is 35.6 Å². The summed E-state index contributed by atoms with van der Waals surface area (Å²) in [7, 11) is 0. The van der Waals surface area contributed by atoms with Gasteiger partial charge in [0.25, 0.3) is 0 Å². The normalized spacial score (nSPS) is 22.1. The first-order chi connectivity index (χ1) is 9.06. The van der Waals surface area contributed by atoms with Crippen LogP contribution in [0, 0.1) is 5.82 Å². The second-order valence-electron chi connectivity index (χ2n) is 4.53. The second-order valence-corrected chi connectivity index (χ2v) is 4.53. The van der Waals surface area contributed by atoms with Crippen molar-refractivity contribution in [1.82, 2.24) is 4.90 Å². The molecule has 1 fully saturated rings. The van der Waals surface area contributed by atoms with E-state index in [1.165, 1.54) is 24.3 Å². The highest BCUT2D eigenvalue weighted by molar-refractivity contribution is 5.69. The van der Waals surface area contributed by atoms with E-state index in [4.69, 9.17) is 9.84 Å². The number of carboxylic acid groups (broad SMARTS) is 1. The average Bonchev–Trinajstić information content (AvgIpc) is 2.38. The number of hydrogen-bond acceptors (Lipinski definition) is 4. The first kappa shape index (κ1) is 13.9. The molecule has 6 heteroatoms. The number of aliphatic carboxylic acids is 1. The lowest BCUT2D eigenvalue weighted by atomic mass is 10.0. The van der Waals surface area contributed by atoms with E-state index in [0.717, 1.165) is 0 Å². The monoisotopic (exact) mass is 269 g/mol. The average molecular weight is 269 g/mol. The molecule has 19 heavy (non-hydrogen) atoms. The highest BCUT2D eigenvalue weighted by Gasteiger charge is 2.28. The number of aliphatic hydroxyl groups excluding tert-OH is 1. The number of halogens is 1. The minimum atomic E-state index is -0.906. The summed E-state index contributed by atoms with van der Waals surface area (Å²) in [5.41, 5.74) is 0.559. The van der Waals surface area contributed by atoms with Gasteiger partial charge in [-0.25, -0.2) is 4.39 Å². The molecule has 1 aromatic carbocycles. The number of benzene rings is 1. The summed E-state index contributed by atoms with van der Waals surface area (Å²) in [5, 5.41) is 18.9. The molecule has 5 nitrogen and oxygen atoms in total. The first-order valence-corrected chi connectivity index (χ1v) is 6.05. The van der Waals surface area contributed by atoms with Crippen molar-refractivity contribution in [3.8, 4) is 0 Å². The maximum Gasteiger partial charge on any atom is 0.317 e. The molecule has 0 aromatic heterocycles. The molecule has 2 N–H and O–H groups in total. The minimum Gasteiger partial charge on any atom is -0.480 e. The van der Waals surface area contributed by atoms with Crippen molar-refractivity contribution in [2.24, 2.45) is 0 Å². The maximum absolute atomic E-state index is 12.8. The number of rotatable bonds is 4. The Kier molecular flexibility index (Phi) is 4.47. The Hall–Kier alpha value is -1.50. The highest BCUT2D eigenvalue weighted by atomic mass is 19.1. The van der Waals surface area contributed by atoms with E-state index in [2.05, 4.69) is 0 Å². The van der Waals surface area contributed by atoms with Crippen LogP contribution in [0.15, 0.2) is 24.3 Å². The van der Waals surface area contributed by atoms with Crippen LogP contribution < -0.4 is 0 Å². The van der Waals surface area contributed by atoms with Gasteiger partial charge in [-0.2, -0.15) is 0 Å². The van der Waals surface area contributed by atoms with Crippen molar-refractivity contribution >= 4 is 5.97 Å². The summed E-state index contributed by atoms with van der Waals surface area (Å²) in [4.78, 5) is 12.4. The van der Waals surface area contributed by atoms with Crippen molar-refractivity contribution in [1.29, 1.82) is 0 Å². The molecule has 1 aromatic rings. The molecule has 1 heterocycles. The molecule has 104 valence electrons. The van der Waals surface area contributed by atoms with Gasteiger partial charge in [-0.1, -0.05) is 12.1 Å². The van der Waals surface area contributed by atoms with Gasteiger partial charge in [0.2, 0.25) is 0 Å². The maximum atomic E-state index is 12.8. The van der Waals surface area contributed by atoms with Crippen LogP contribution in [0.4, 0.5) is 4.39 Å². The number of carbonyl (C=O) groups is 1. The Morgan fingerprint density at radius 1 is 1.47 bits per heavy atom. The minimum absolute atomic E-state index is 0.0734. The number of ether oxygens (including phenoxy) is 1. The fraction of sp³-hybridized carbons (Fsp3) is 0.462. The Labute approximate surface area is 110 Å². The van der Waals surface area contributed by atoms with E-state index in [1.54, 1.807) is 4.90 Å². The summed E-state index contributed by atoms with van der Waals surface area (Å²) in [6.07, 6.45) is -1.39. The number of hydrogen-bond donors (Lipinski definition) is 2. The second kappa shape index (κ2) is 6.10. The lowest BCUT2D eigenvalue weighted by Crippen LogP contribution is -2.46. The van der Waals surface area contributed by atoms with E-state index < -0.39 is 18.2 Å². The highest BCUT2D eigenvalue weighted by Crippen LogP contribution is 2.22. The lowest BCUT2D eigenvalue weighted by Gasteiger charge is -2.34. The van der Waals surface area contributed by atoms with Gasteiger partial charge in [0, 0.05) is 13.1 Å². The van der Waals surface area contributed by atoms with Gasteiger partial charge in [0.15, 0.2) is 0 Å². The third kappa shape index (κ3) is 3.73. The fourth-order valence-corrected chi connectivity index (χ4v) is 2.13. The topological polar surface area (TPSA) is 70.0 Å². The van der Waals surface area contributed by atoms with E-state index in [0.29, 0.717) is 25.3 Å². The lowest BCUT2D eigenvalue weighted by molar-refractivity contribution is -0.142. The summed E-state index contributed by atoms with van der Waals surface area (Å²) < 4.78 is 18.3. The molecule has 0 bridgehead atoms. The molecule has 0 radical (unpaired) electrons. The van der Waals surface area contributed by atoms with E-state index in [9.17, 15) is 14.3 Å². The van der Waals surface area contributed by atoms with Crippen LogP contribution in [0.25, 0.3) is 0 Å². The Balaban J connectivity index is 2.00. The summed E-state index contributed by atoms with van der Waals surface area (Å²) in [6, 6.07) is 5.55. The molecule has 2 atom stereocenters. The molecule has 0 aliphatic carbocycles. The smallest absolute Gasteiger partial charge is 0.317 e.